The van der Waals surface area contributed by atoms with Crippen molar-refractivity contribution in [3.05, 3.63) is 76.8 Å². The van der Waals surface area contributed by atoms with Gasteiger partial charge in [-0.2, -0.15) is 0 Å². The number of fused-ring (bicyclic) bond motifs is 1. The van der Waals surface area contributed by atoms with Crippen molar-refractivity contribution in [3.8, 4) is 16.9 Å². The predicted molar refractivity (Wildman–Crippen MR) is 135 cm³/mol. The van der Waals surface area contributed by atoms with Crippen molar-refractivity contribution < 1.29 is 14.3 Å². The van der Waals surface area contributed by atoms with Gasteiger partial charge in [0.1, 0.15) is 0 Å². The van der Waals surface area contributed by atoms with E-state index in [9.17, 15) is 9.59 Å². The van der Waals surface area contributed by atoms with Gasteiger partial charge in [-0.3, -0.25) is 14.5 Å². The van der Waals surface area contributed by atoms with Crippen LogP contribution in [0.25, 0.3) is 11.1 Å². The van der Waals surface area contributed by atoms with E-state index in [1.54, 1.807) is 12.1 Å². The lowest BCUT2D eigenvalue weighted by atomic mass is 9.96. The van der Waals surface area contributed by atoms with Gasteiger partial charge in [0.15, 0.2) is 12.4 Å². The summed E-state index contributed by atoms with van der Waals surface area (Å²) in [7, 11) is 0. The number of halogens is 1. The van der Waals surface area contributed by atoms with Crippen LogP contribution in [0, 0.1) is 0 Å². The predicted octanol–water partition coefficient (Wildman–Crippen LogP) is 5.58. The second kappa shape index (κ2) is 9.87. The van der Waals surface area contributed by atoms with Crippen LogP contribution in [0.4, 0.5) is 11.4 Å². The van der Waals surface area contributed by atoms with Crippen LogP contribution < -0.4 is 15.4 Å². The molecule has 0 radical (unpaired) electrons. The Kier molecular flexibility index (Phi) is 6.52. The van der Waals surface area contributed by atoms with E-state index in [-0.39, 0.29) is 18.4 Å². The highest BCUT2D eigenvalue weighted by Crippen LogP contribution is 2.38. The Morgan fingerprint density at radius 3 is 2.62 bits per heavy atom. The quantitative estimate of drug-likeness (QED) is 0.505. The van der Waals surface area contributed by atoms with Crippen LogP contribution in [-0.4, -0.2) is 36.4 Å². The highest BCUT2D eigenvalue weighted by molar-refractivity contribution is 6.33. The van der Waals surface area contributed by atoms with Crippen LogP contribution in [0.2, 0.25) is 5.02 Å². The number of benzene rings is 3. The summed E-state index contributed by atoms with van der Waals surface area (Å²) >= 11 is 6.31. The Hall–Kier alpha value is -3.35. The summed E-state index contributed by atoms with van der Waals surface area (Å²) in [5.41, 5.74) is 4.91. The second-order valence-corrected chi connectivity index (χ2v) is 9.11. The number of anilines is 2. The number of hydrogen-bond acceptors (Lipinski definition) is 4. The van der Waals surface area contributed by atoms with Gasteiger partial charge in [0, 0.05) is 17.8 Å². The van der Waals surface area contributed by atoms with Crippen LogP contribution in [0.15, 0.2) is 60.7 Å². The van der Waals surface area contributed by atoms with Gasteiger partial charge < -0.3 is 15.4 Å². The molecule has 0 unspecified atom stereocenters. The van der Waals surface area contributed by atoms with Gasteiger partial charge in [0.2, 0.25) is 0 Å². The first-order chi connectivity index (χ1) is 16.6. The molecule has 5 rings (SSSR count). The zero-order chi connectivity index (χ0) is 23.5. The minimum atomic E-state index is -0.258. The number of piperidine rings is 1. The number of nitrogens with zero attached hydrogens (tertiary/aromatic N) is 1. The van der Waals surface area contributed by atoms with Crippen molar-refractivity contribution in [2.45, 2.75) is 25.8 Å². The molecule has 0 aromatic heterocycles. The van der Waals surface area contributed by atoms with E-state index in [1.165, 1.54) is 19.3 Å². The van der Waals surface area contributed by atoms with E-state index in [1.807, 2.05) is 36.4 Å². The van der Waals surface area contributed by atoms with E-state index in [0.29, 0.717) is 27.7 Å². The van der Waals surface area contributed by atoms with Gasteiger partial charge in [0.25, 0.3) is 11.8 Å². The van der Waals surface area contributed by atoms with Crippen LogP contribution >= 0.6 is 11.6 Å². The fraction of sp³-hybridized carbons (Fsp3) is 0.259. The maximum atomic E-state index is 13.2. The van der Waals surface area contributed by atoms with Crippen LogP contribution in [0.3, 0.4) is 0 Å². The van der Waals surface area contributed by atoms with Crippen LogP contribution in [-0.2, 0) is 11.3 Å². The molecule has 2 amide bonds. The fourth-order valence-electron chi connectivity index (χ4n) is 4.56. The monoisotopic (exact) mass is 475 g/mol. The van der Waals surface area contributed by atoms with E-state index < -0.39 is 0 Å². The van der Waals surface area contributed by atoms with Gasteiger partial charge >= 0.3 is 0 Å². The molecule has 3 aromatic carbocycles. The molecule has 1 fully saturated rings. The Balaban J connectivity index is 1.42. The molecule has 0 atom stereocenters. The normalized spacial score (nSPS) is 15.7. The first-order valence-corrected chi connectivity index (χ1v) is 11.9. The number of carbonyl (C=O) groups excluding carboxylic acids is 2. The van der Waals surface area contributed by atoms with E-state index >= 15 is 0 Å². The lowest BCUT2D eigenvalue weighted by Crippen LogP contribution is -2.29. The first kappa shape index (κ1) is 22.4. The van der Waals surface area contributed by atoms with Gasteiger partial charge in [-0.05, 0) is 66.9 Å². The minimum absolute atomic E-state index is 0.0774. The lowest BCUT2D eigenvalue weighted by molar-refractivity contribution is -0.118. The number of rotatable bonds is 5. The molecule has 0 saturated carbocycles. The van der Waals surface area contributed by atoms with Crippen molar-refractivity contribution >= 4 is 34.8 Å². The molecular formula is C27H26ClN3O3. The second-order valence-electron chi connectivity index (χ2n) is 8.70. The summed E-state index contributed by atoms with van der Waals surface area (Å²) in [6.45, 7) is 2.88. The zero-order valence-electron chi connectivity index (χ0n) is 18.8. The van der Waals surface area contributed by atoms with Gasteiger partial charge in [-0.15, -0.1) is 0 Å². The summed E-state index contributed by atoms with van der Waals surface area (Å²) in [6.07, 6.45) is 3.69. The van der Waals surface area contributed by atoms with E-state index in [2.05, 4.69) is 27.7 Å². The molecule has 34 heavy (non-hydrogen) atoms. The molecular weight excluding hydrogens is 450 g/mol. The molecule has 7 heteroatoms. The highest BCUT2D eigenvalue weighted by atomic mass is 35.5. The topological polar surface area (TPSA) is 70.7 Å². The third-order valence-corrected chi connectivity index (χ3v) is 6.50. The average Bonchev–Trinajstić information content (AvgIpc) is 2.85. The summed E-state index contributed by atoms with van der Waals surface area (Å²) in [5.74, 6) is -0.0835. The number of amides is 2. The molecule has 2 N–H and O–H groups in total. The summed E-state index contributed by atoms with van der Waals surface area (Å²) in [6, 6.07) is 19.4. The van der Waals surface area contributed by atoms with Crippen molar-refractivity contribution in [3.63, 3.8) is 0 Å². The number of nitrogens with one attached hydrogen (secondary N) is 2. The van der Waals surface area contributed by atoms with E-state index in [4.69, 9.17) is 16.3 Å². The van der Waals surface area contributed by atoms with E-state index in [0.717, 1.165) is 36.3 Å². The maximum Gasteiger partial charge on any atom is 0.262 e. The Morgan fingerprint density at radius 2 is 1.82 bits per heavy atom. The van der Waals surface area contributed by atoms with Crippen molar-refractivity contribution in [1.82, 2.24) is 4.90 Å². The number of hydrogen-bond donors (Lipinski definition) is 2. The van der Waals surface area contributed by atoms with Crippen molar-refractivity contribution in [1.29, 1.82) is 0 Å². The van der Waals surface area contributed by atoms with Crippen LogP contribution in [0.1, 0.15) is 35.2 Å². The number of carbonyl (C=O) groups is 2. The third-order valence-electron chi connectivity index (χ3n) is 6.22. The highest BCUT2D eigenvalue weighted by Gasteiger charge is 2.21. The first-order valence-electron chi connectivity index (χ1n) is 11.5. The Morgan fingerprint density at radius 1 is 1.03 bits per heavy atom. The molecule has 2 aliphatic heterocycles. The molecule has 0 aliphatic carbocycles. The Bertz CT molecular complexity index is 1220. The molecule has 2 aliphatic rings. The van der Waals surface area contributed by atoms with Crippen molar-refractivity contribution in [2.24, 2.45) is 0 Å². The molecule has 174 valence electrons. The third kappa shape index (κ3) is 4.93. The average molecular weight is 476 g/mol. The van der Waals surface area contributed by atoms with Gasteiger partial charge in [0.05, 0.1) is 10.7 Å². The number of likely N-dealkylation sites (tertiary alicyclic amines) is 1. The largest absolute Gasteiger partial charge is 0.480 e. The standard InChI is InChI=1S/C27H26ClN3O3/c28-23-14-21(15-24-26(23)34-17-25(32)30-24)29-27(33)19-9-10-22(18-7-3-1-4-8-18)20(13-19)16-31-11-5-2-6-12-31/h1,3-4,7-10,13-15H,2,5-6,11-12,16-17H2,(H,29,33)(H,30,32). The minimum Gasteiger partial charge on any atom is -0.480 e. The van der Waals surface area contributed by atoms with Gasteiger partial charge in [-0.1, -0.05) is 54.4 Å². The molecule has 1 saturated heterocycles. The summed E-state index contributed by atoms with van der Waals surface area (Å²) in [5, 5.41) is 5.97. The molecule has 2 heterocycles. The smallest absolute Gasteiger partial charge is 0.262 e. The molecule has 0 spiro atoms. The lowest BCUT2D eigenvalue weighted by Gasteiger charge is -2.27. The summed E-state index contributed by atoms with van der Waals surface area (Å²) in [4.78, 5) is 27.3. The maximum absolute atomic E-state index is 13.2. The molecule has 6 nitrogen and oxygen atoms in total. The molecule has 3 aromatic rings. The Labute approximate surface area is 203 Å². The number of ether oxygens (including phenoxy) is 1. The summed E-state index contributed by atoms with van der Waals surface area (Å²) < 4.78 is 5.39. The zero-order valence-corrected chi connectivity index (χ0v) is 19.5. The SMILES string of the molecule is O=C1COc2c(Cl)cc(NC(=O)c3ccc(-c4ccccc4)c(CN4CCCCC4)c3)cc2N1. The molecule has 0 bridgehead atoms. The van der Waals surface area contributed by atoms with Crippen molar-refractivity contribution in [2.75, 3.05) is 30.3 Å². The fourth-order valence-corrected chi connectivity index (χ4v) is 4.83. The van der Waals surface area contributed by atoms with Crippen LogP contribution in [0.5, 0.6) is 5.75 Å². The van der Waals surface area contributed by atoms with Gasteiger partial charge in [-0.25, -0.2) is 0 Å².